The fraction of sp³-hybridized carbons (Fsp3) is 0.167. The van der Waals surface area contributed by atoms with Crippen molar-refractivity contribution >= 4 is 17.4 Å². The van der Waals surface area contributed by atoms with E-state index >= 15 is 0 Å². The van der Waals surface area contributed by atoms with E-state index in [1.807, 2.05) is 44.2 Å². The Hall–Kier alpha value is -3.60. The number of carbonyl (C=O) groups excluding carboxylic acids is 2. The minimum Gasteiger partial charge on any atom is -0.489 e. The fourth-order valence-corrected chi connectivity index (χ4v) is 2.72. The molecule has 0 aromatic heterocycles. The third-order valence-electron chi connectivity index (χ3n) is 4.05. The van der Waals surface area contributed by atoms with E-state index in [2.05, 4.69) is 5.32 Å². The number of hydrogen-bond acceptors (Lipinski definition) is 4. The van der Waals surface area contributed by atoms with Crippen LogP contribution in [0.3, 0.4) is 0 Å². The molecule has 3 aromatic carbocycles. The quantitative estimate of drug-likeness (QED) is 0.566. The number of amides is 1. The molecule has 5 nitrogen and oxygen atoms in total. The first kappa shape index (κ1) is 20.1. The van der Waals surface area contributed by atoms with Crippen molar-refractivity contribution in [3.05, 3.63) is 90.0 Å². The average Bonchev–Trinajstić information content (AvgIpc) is 2.74. The molecule has 0 fully saturated rings. The Bertz CT molecular complexity index is 966. The van der Waals surface area contributed by atoms with Crippen LogP contribution in [0.5, 0.6) is 11.5 Å². The van der Waals surface area contributed by atoms with Gasteiger partial charge in [-0.2, -0.15) is 0 Å². The fourth-order valence-electron chi connectivity index (χ4n) is 2.72. The van der Waals surface area contributed by atoms with Gasteiger partial charge in [0.1, 0.15) is 11.5 Å². The van der Waals surface area contributed by atoms with E-state index in [0.717, 1.165) is 0 Å². The Morgan fingerprint density at radius 1 is 0.828 bits per heavy atom. The van der Waals surface area contributed by atoms with Crippen LogP contribution >= 0.6 is 0 Å². The van der Waals surface area contributed by atoms with Gasteiger partial charge in [0, 0.05) is 11.1 Å². The van der Waals surface area contributed by atoms with E-state index < -0.39 is 0 Å². The Labute approximate surface area is 170 Å². The molecule has 0 aliphatic carbocycles. The summed E-state index contributed by atoms with van der Waals surface area (Å²) in [5, 5.41) is 2.79. The van der Waals surface area contributed by atoms with Crippen LogP contribution in [0.2, 0.25) is 0 Å². The summed E-state index contributed by atoms with van der Waals surface area (Å²) in [5.41, 5.74) is 1.79. The second-order valence-electron chi connectivity index (χ2n) is 6.72. The summed E-state index contributed by atoms with van der Waals surface area (Å²) in [4.78, 5) is 24.7. The molecule has 0 aliphatic rings. The zero-order valence-corrected chi connectivity index (χ0v) is 16.4. The number of ketones is 1. The van der Waals surface area contributed by atoms with Crippen molar-refractivity contribution in [2.24, 2.45) is 0 Å². The monoisotopic (exact) mass is 389 g/mol. The summed E-state index contributed by atoms with van der Waals surface area (Å²) in [7, 11) is 0. The van der Waals surface area contributed by atoms with E-state index in [9.17, 15) is 9.59 Å². The third kappa shape index (κ3) is 5.69. The molecule has 0 saturated heterocycles. The molecular formula is C24H23NO4. The van der Waals surface area contributed by atoms with Crippen molar-refractivity contribution in [3.8, 4) is 11.5 Å². The molecule has 3 rings (SSSR count). The lowest BCUT2D eigenvalue weighted by Gasteiger charge is -2.15. The highest BCUT2D eigenvalue weighted by Crippen LogP contribution is 2.25. The summed E-state index contributed by atoms with van der Waals surface area (Å²) in [5.74, 6) is 0.766. The molecule has 3 aromatic rings. The van der Waals surface area contributed by atoms with Gasteiger partial charge in [0.2, 0.25) is 0 Å². The molecule has 29 heavy (non-hydrogen) atoms. The number of benzene rings is 3. The Balaban J connectivity index is 1.57. The zero-order valence-electron chi connectivity index (χ0n) is 16.4. The molecule has 0 atom stereocenters. The summed E-state index contributed by atoms with van der Waals surface area (Å²) in [6.07, 6.45) is 0.00131. The molecule has 0 heterocycles. The highest BCUT2D eigenvalue weighted by Gasteiger charge is 2.11. The van der Waals surface area contributed by atoms with Crippen LogP contribution < -0.4 is 14.8 Å². The van der Waals surface area contributed by atoms with Gasteiger partial charge >= 0.3 is 0 Å². The molecule has 0 spiro atoms. The molecule has 0 bridgehead atoms. The van der Waals surface area contributed by atoms with Crippen LogP contribution in [-0.2, 0) is 4.79 Å². The Morgan fingerprint density at radius 3 is 2.14 bits per heavy atom. The maximum Gasteiger partial charge on any atom is 0.262 e. The van der Waals surface area contributed by atoms with Crippen LogP contribution in [-0.4, -0.2) is 24.4 Å². The van der Waals surface area contributed by atoms with Crippen LogP contribution in [0, 0.1) is 0 Å². The normalized spacial score (nSPS) is 10.4. The van der Waals surface area contributed by atoms with E-state index in [1.165, 1.54) is 0 Å². The molecule has 1 N–H and O–H groups in total. The summed E-state index contributed by atoms with van der Waals surface area (Å²) in [6.45, 7) is 3.70. The van der Waals surface area contributed by atoms with Gasteiger partial charge in [0.25, 0.3) is 5.91 Å². The second kappa shape index (κ2) is 9.55. The van der Waals surface area contributed by atoms with Crippen molar-refractivity contribution in [2.75, 3.05) is 11.9 Å². The van der Waals surface area contributed by atoms with Crippen molar-refractivity contribution in [1.82, 2.24) is 0 Å². The average molecular weight is 389 g/mol. The number of anilines is 1. The number of hydrogen-bond donors (Lipinski definition) is 1. The molecule has 1 amide bonds. The summed E-state index contributed by atoms with van der Waals surface area (Å²) < 4.78 is 11.2. The smallest absolute Gasteiger partial charge is 0.262 e. The maximum atomic E-state index is 12.4. The second-order valence-corrected chi connectivity index (χ2v) is 6.72. The predicted octanol–water partition coefficient (Wildman–Crippen LogP) is 4.72. The lowest BCUT2D eigenvalue weighted by Crippen LogP contribution is -2.21. The van der Waals surface area contributed by atoms with Gasteiger partial charge in [-0.25, -0.2) is 0 Å². The third-order valence-corrected chi connectivity index (χ3v) is 4.05. The van der Waals surface area contributed by atoms with Gasteiger partial charge in [0.05, 0.1) is 11.8 Å². The number of para-hydroxylation sites is 2. The minimum absolute atomic E-state index is 0.00131. The van der Waals surface area contributed by atoms with E-state index in [4.69, 9.17) is 9.47 Å². The van der Waals surface area contributed by atoms with E-state index in [0.29, 0.717) is 28.3 Å². The molecule has 0 unspecified atom stereocenters. The highest BCUT2D eigenvalue weighted by atomic mass is 16.5. The first-order chi connectivity index (χ1) is 14.0. The maximum absolute atomic E-state index is 12.4. The minimum atomic E-state index is -0.297. The van der Waals surface area contributed by atoms with Crippen LogP contribution in [0.4, 0.5) is 5.69 Å². The summed E-state index contributed by atoms with van der Waals surface area (Å²) >= 11 is 0. The van der Waals surface area contributed by atoms with Gasteiger partial charge in [-0.05, 0) is 50.2 Å². The SMILES string of the molecule is CC(C)Oc1ccccc1NC(=O)COc1ccc(C(=O)c2ccccc2)cc1. The topological polar surface area (TPSA) is 64.6 Å². The van der Waals surface area contributed by atoms with Gasteiger partial charge < -0.3 is 14.8 Å². The Kier molecular flexibility index (Phi) is 6.63. The predicted molar refractivity (Wildman–Crippen MR) is 113 cm³/mol. The molecule has 0 radical (unpaired) electrons. The van der Waals surface area contributed by atoms with Gasteiger partial charge in [-0.1, -0.05) is 42.5 Å². The summed E-state index contributed by atoms with van der Waals surface area (Å²) in [6, 6.07) is 23.1. The van der Waals surface area contributed by atoms with Crippen molar-refractivity contribution < 1.29 is 19.1 Å². The highest BCUT2D eigenvalue weighted by molar-refractivity contribution is 6.09. The number of ether oxygens (including phenoxy) is 2. The van der Waals surface area contributed by atoms with E-state index in [-0.39, 0.29) is 24.4 Å². The number of rotatable bonds is 8. The molecular weight excluding hydrogens is 366 g/mol. The van der Waals surface area contributed by atoms with Gasteiger partial charge in [0.15, 0.2) is 12.4 Å². The van der Waals surface area contributed by atoms with Crippen LogP contribution in [0.25, 0.3) is 0 Å². The van der Waals surface area contributed by atoms with Crippen LogP contribution in [0.15, 0.2) is 78.9 Å². The van der Waals surface area contributed by atoms with Gasteiger partial charge in [-0.3, -0.25) is 9.59 Å². The lowest BCUT2D eigenvalue weighted by molar-refractivity contribution is -0.118. The largest absolute Gasteiger partial charge is 0.489 e. The molecule has 5 heteroatoms. The first-order valence-corrected chi connectivity index (χ1v) is 9.41. The first-order valence-electron chi connectivity index (χ1n) is 9.41. The van der Waals surface area contributed by atoms with Crippen molar-refractivity contribution in [1.29, 1.82) is 0 Å². The van der Waals surface area contributed by atoms with E-state index in [1.54, 1.807) is 48.5 Å². The number of carbonyl (C=O) groups is 2. The van der Waals surface area contributed by atoms with Gasteiger partial charge in [-0.15, -0.1) is 0 Å². The van der Waals surface area contributed by atoms with Crippen LogP contribution in [0.1, 0.15) is 29.8 Å². The van der Waals surface area contributed by atoms with Crippen molar-refractivity contribution in [2.45, 2.75) is 20.0 Å². The number of nitrogens with one attached hydrogen (secondary N) is 1. The molecule has 0 aliphatic heterocycles. The molecule has 148 valence electrons. The Morgan fingerprint density at radius 2 is 1.45 bits per heavy atom. The standard InChI is InChI=1S/C24H23NO4/c1-17(2)29-22-11-7-6-10-21(22)25-23(26)16-28-20-14-12-19(13-15-20)24(27)18-8-4-3-5-9-18/h3-15,17H,16H2,1-2H3,(H,25,26). The lowest BCUT2D eigenvalue weighted by atomic mass is 10.0. The molecule has 0 saturated carbocycles. The zero-order chi connectivity index (χ0) is 20.6. The van der Waals surface area contributed by atoms with Crippen molar-refractivity contribution in [3.63, 3.8) is 0 Å².